The maximum Gasteiger partial charge on any atom is 0.416 e. The Balaban J connectivity index is 2.00. The van der Waals surface area contributed by atoms with Gasteiger partial charge in [-0.2, -0.15) is 13.2 Å². The molecular weight excluding hydrogens is 303 g/mol. The van der Waals surface area contributed by atoms with Crippen LogP contribution in [0.4, 0.5) is 13.2 Å². The van der Waals surface area contributed by atoms with Gasteiger partial charge in [-0.05, 0) is 43.5 Å². The number of halogens is 3. The van der Waals surface area contributed by atoms with Crippen molar-refractivity contribution >= 4 is 5.78 Å². The molecule has 1 aromatic carbocycles. The highest BCUT2D eigenvalue weighted by Gasteiger charge is 2.32. The van der Waals surface area contributed by atoms with Gasteiger partial charge in [0.05, 0.1) is 5.56 Å². The van der Waals surface area contributed by atoms with Crippen LogP contribution in [-0.4, -0.2) is 30.3 Å². The van der Waals surface area contributed by atoms with Gasteiger partial charge in [0.25, 0.3) is 0 Å². The lowest BCUT2D eigenvalue weighted by atomic mass is 9.87. The van der Waals surface area contributed by atoms with E-state index in [0.717, 1.165) is 31.8 Å². The minimum Gasteiger partial charge on any atom is -0.303 e. The number of hydrogen-bond acceptors (Lipinski definition) is 2. The van der Waals surface area contributed by atoms with E-state index in [0.29, 0.717) is 12.8 Å². The molecule has 128 valence electrons. The smallest absolute Gasteiger partial charge is 0.303 e. The monoisotopic (exact) mass is 327 g/mol. The minimum absolute atomic E-state index is 0.161. The van der Waals surface area contributed by atoms with Crippen molar-refractivity contribution in [2.75, 3.05) is 19.6 Å². The fourth-order valence-corrected chi connectivity index (χ4v) is 3.11. The Bertz CT molecular complexity index is 552. The highest BCUT2D eigenvalue weighted by atomic mass is 19.4. The molecule has 0 radical (unpaired) electrons. The number of nitrogens with zero attached hydrogens (tertiary/aromatic N) is 1. The van der Waals surface area contributed by atoms with Crippen LogP contribution < -0.4 is 0 Å². The van der Waals surface area contributed by atoms with Crippen molar-refractivity contribution in [3.63, 3.8) is 0 Å². The van der Waals surface area contributed by atoms with Crippen LogP contribution in [0.25, 0.3) is 0 Å². The highest BCUT2D eigenvalue weighted by molar-refractivity contribution is 5.98. The zero-order valence-corrected chi connectivity index (χ0v) is 13.9. The van der Waals surface area contributed by atoms with Gasteiger partial charge in [-0.1, -0.05) is 32.9 Å². The molecule has 0 aliphatic carbocycles. The lowest BCUT2D eigenvalue weighted by Crippen LogP contribution is -2.40. The molecule has 0 unspecified atom stereocenters. The summed E-state index contributed by atoms with van der Waals surface area (Å²) in [5.41, 5.74) is -0.375. The second-order valence-electron chi connectivity index (χ2n) is 7.55. The number of alkyl halides is 3. The van der Waals surface area contributed by atoms with E-state index in [-0.39, 0.29) is 22.7 Å². The summed E-state index contributed by atoms with van der Waals surface area (Å²) < 4.78 is 38.3. The molecule has 1 fully saturated rings. The standard InChI is InChI=1S/C18H24F3NO/c1-17(2,3)12-22-9-7-13(8-10-22)16(23)14-5-4-6-15(11-14)18(19,20)21/h4-6,11,13H,7-10,12H2,1-3H3. The molecule has 0 spiro atoms. The summed E-state index contributed by atoms with van der Waals surface area (Å²) in [5.74, 6) is -0.332. The molecule has 1 heterocycles. The van der Waals surface area contributed by atoms with Gasteiger partial charge in [0.1, 0.15) is 0 Å². The van der Waals surface area contributed by atoms with Gasteiger partial charge in [-0.25, -0.2) is 0 Å². The van der Waals surface area contributed by atoms with E-state index in [2.05, 4.69) is 25.7 Å². The molecule has 2 nitrogen and oxygen atoms in total. The van der Waals surface area contributed by atoms with E-state index in [1.807, 2.05) is 0 Å². The first-order chi connectivity index (χ1) is 10.6. The fourth-order valence-electron chi connectivity index (χ4n) is 3.11. The number of benzene rings is 1. The zero-order valence-electron chi connectivity index (χ0n) is 13.9. The van der Waals surface area contributed by atoms with Crippen LogP contribution in [-0.2, 0) is 6.18 Å². The average molecular weight is 327 g/mol. The number of carbonyl (C=O) groups is 1. The lowest BCUT2D eigenvalue weighted by molar-refractivity contribution is -0.137. The summed E-state index contributed by atoms with van der Waals surface area (Å²) >= 11 is 0. The highest BCUT2D eigenvalue weighted by Crippen LogP contribution is 2.31. The van der Waals surface area contributed by atoms with Gasteiger partial charge >= 0.3 is 6.18 Å². The van der Waals surface area contributed by atoms with Crippen molar-refractivity contribution in [3.8, 4) is 0 Å². The molecule has 0 N–H and O–H groups in total. The van der Waals surface area contributed by atoms with Gasteiger partial charge < -0.3 is 4.90 Å². The summed E-state index contributed by atoms with van der Waals surface area (Å²) in [6, 6.07) is 4.77. The maximum absolute atomic E-state index is 12.8. The topological polar surface area (TPSA) is 20.3 Å². The Morgan fingerprint density at radius 1 is 1.17 bits per heavy atom. The first-order valence-electron chi connectivity index (χ1n) is 8.00. The van der Waals surface area contributed by atoms with Gasteiger partial charge in [0, 0.05) is 18.0 Å². The molecule has 0 amide bonds. The molecule has 0 aromatic heterocycles. The van der Waals surface area contributed by atoms with Crippen LogP contribution in [0.2, 0.25) is 0 Å². The Morgan fingerprint density at radius 2 is 1.78 bits per heavy atom. The Hall–Kier alpha value is -1.36. The number of carbonyl (C=O) groups excluding carboxylic acids is 1. The summed E-state index contributed by atoms with van der Waals surface area (Å²) in [7, 11) is 0. The lowest BCUT2D eigenvalue weighted by Gasteiger charge is -2.35. The molecule has 1 aliphatic rings. The van der Waals surface area contributed by atoms with E-state index in [1.165, 1.54) is 12.1 Å². The normalized spacial score (nSPS) is 18.2. The van der Waals surface area contributed by atoms with Crippen LogP contribution in [0.15, 0.2) is 24.3 Å². The van der Waals surface area contributed by atoms with Crippen molar-refractivity contribution in [1.29, 1.82) is 0 Å². The zero-order chi connectivity index (χ0) is 17.3. The maximum atomic E-state index is 12.8. The van der Waals surface area contributed by atoms with Gasteiger partial charge in [0.2, 0.25) is 0 Å². The summed E-state index contributed by atoms with van der Waals surface area (Å²) in [5, 5.41) is 0. The predicted octanol–water partition coefficient (Wildman–Crippen LogP) is 4.65. The average Bonchev–Trinajstić information content (AvgIpc) is 2.45. The largest absolute Gasteiger partial charge is 0.416 e. The number of hydrogen-bond donors (Lipinski definition) is 0. The van der Waals surface area contributed by atoms with Crippen molar-refractivity contribution in [2.24, 2.45) is 11.3 Å². The number of likely N-dealkylation sites (tertiary alicyclic amines) is 1. The molecule has 0 saturated carbocycles. The Morgan fingerprint density at radius 3 is 2.30 bits per heavy atom. The predicted molar refractivity (Wildman–Crippen MR) is 84.4 cm³/mol. The second kappa shape index (κ2) is 6.63. The quantitative estimate of drug-likeness (QED) is 0.754. The summed E-state index contributed by atoms with van der Waals surface area (Å²) in [4.78, 5) is 14.8. The summed E-state index contributed by atoms with van der Waals surface area (Å²) in [6.45, 7) is 9.14. The van der Waals surface area contributed by atoms with Crippen LogP contribution in [0, 0.1) is 11.3 Å². The third kappa shape index (κ3) is 5.06. The van der Waals surface area contributed by atoms with Crippen LogP contribution in [0.5, 0.6) is 0 Å². The molecule has 1 aromatic rings. The molecular formula is C18H24F3NO. The van der Waals surface area contributed by atoms with Gasteiger partial charge in [0.15, 0.2) is 5.78 Å². The Kier molecular flexibility index (Phi) is 5.19. The van der Waals surface area contributed by atoms with Crippen LogP contribution in [0.3, 0.4) is 0 Å². The number of rotatable bonds is 3. The molecule has 23 heavy (non-hydrogen) atoms. The second-order valence-corrected chi connectivity index (χ2v) is 7.55. The molecule has 0 atom stereocenters. The van der Waals surface area contributed by atoms with Crippen LogP contribution >= 0.6 is 0 Å². The molecule has 0 bridgehead atoms. The van der Waals surface area contributed by atoms with Gasteiger partial charge in [-0.3, -0.25) is 4.79 Å². The van der Waals surface area contributed by atoms with Crippen LogP contribution in [0.1, 0.15) is 49.5 Å². The number of piperidine rings is 1. The first-order valence-corrected chi connectivity index (χ1v) is 8.00. The fraction of sp³-hybridized carbons (Fsp3) is 0.611. The van der Waals surface area contributed by atoms with E-state index >= 15 is 0 Å². The third-order valence-corrected chi connectivity index (χ3v) is 4.13. The Labute approximate surface area is 135 Å². The van der Waals surface area contributed by atoms with E-state index in [4.69, 9.17) is 0 Å². The van der Waals surface area contributed by atoms with Crippen molar-refractivity contribution in [3.05, 3.63) is 35.4 Å². The van der Waals surface area contributed by atoms with Crippen molar-refractivity contribution < 1.29 is 18.0 Å². The first kappa shape index (κ1) is 18.0. The molecule has 2 rings (SSSR count). The van der Waals surface area contributed by atoms with E-state index < -0.39 is 11.7 Å². The van der Waals surface area contributed by atoms with Crippen molar-refractivity contribution in [2.45, 2.75) is 39.8 Å². The minimum atomic E-state index is -4.41. The summed E-state index contributed by atoms with van der Waals surface area (Å²) in [6.07, 6.45) is -2.98. The number of Topliss-reactive ketones (excluding diaryl/α,β-unsaturated/α-hetero) is 1. The molecule has 5 heteroatoms. The molecule has 1 saturated heterocycles. The SMILES string of the molecule is CC(C)(C)CN1CCC(C(=O)c2cccc(C(F)(F)F)c2)CC1. The number of ketones is 1. The molecule has 1 aliphatic heterocycles. The van der Waals surface area contributed by atoms with Gasteiger partial charge in [-0.15, -0.1) is 0 Å². The third-order valence-electron chi connectivity index (χ3n) is 4.13. The van der Waals surface area contributed by atoms with E-state index in [1.54, 1.807) is 0 Å². The van der Waals surface area contributed by atoms with E-state index in [9.17, 15) is 18.0 Å². The van der Waals surface area contributed by atoms with Crippen molar-refractivity contribution in [1.82, 2.24) is 4.90 Å².